The fourth-order valence-electron chi connectivity index (χ4n) is 2.25. The zero-order valence-corrected chi connectivity index (χ0v) is 11.6. The van der Waals surface area contributed by atoms with Gasteiger partial charge in [0.2, 0.25) is 5.91 Å². The van der Waals surface area contributed by atoms with Gasteiger partial charge < -0.3 is 10.6 Å². The normalized spacial score (nSPS) is 17.8. The van der Waals surface area contributed by atoms with Crippen molar-refractivity contribution in [2.24, 2.45) is 5.92 Å². The maximum absolute atomic E-state index is 13.3. The number of carbonyl (C=O) groups excluding carboxylic acids is 1. The summed E-state index contributed by atoms with van der Waals surface area (Å²) in [5, 5.41) is 6.15. The molecule has 0 spiro atoms. The van der Waals surface area contributed by atoms with E-state index in [4.69, 9.17) is 0 Å². The maximum atomic E-state index is 13.3. The summed E-state index contributed by atoms with van der Waals surface area (Å²) in [4.78, 5) is 11.6. The van der Waals surface area contributed by atoms with Crippen LogP contribution in [0.2, 0.25) is 0 Å². The molecule has 1 aliphatic heterocycles. The van der Waals surface area contributed by atoms with Crippen LogP contribution in [-0.2, 0) is 11.2 Å². The number of hydrogen-bond acceptors (Lipinski definition) is 2. The zero-order chi connectivity index (χ0) is 12.8. The molecule has 1 heterocycles. The molecule has 0 bridgehead atoms. The molecule has 0 aliphatic carbocycles. The Morgan fingerprint density at radius 3 is 2.89 bits per heavy atom. The van der Waals surface area contributed by atoms with Gasteiger partial charge in [-0.05, 0) is 43.5 Å². The second-order valence-electron chi connectivity index (χ2n) is 4.77. The minimum absolute atomic E-state index is 0. The average molecular weight is 287 g/mol. The van der Waals surface area contributed by atoms with Crippen LogP contribution in [-0.4, -0.2) is 25.5 Å². The topological polar surface area (TPSA) is 41.1 Å². The molecule has 1 aromatic carbocycles. The summed E-state index contributed by atoms with van der Waals surface area (Å²) in [5.41, 5.74) is 0.456. The third-order valence-electron chi connectivity index (χ3n) is 3.35. The first kappa shape index (κ1) is 15.9. The second-order valence-corrected chi connectivity index (χ2v) is 4.77. The molecular weight excluding hydrogens is 267 g/mol. The SMILES string of the molecule is Cl.O=C(Cc1ccccc1F)NCCC1CCNC1. The highest BCUT2D eigenvalue weighted by molar-refractivity contribution is 5.85. The van der Waals surface area contributed by atoms with E-state index in [0.717, 1.165) is 19.5 Å². The molecule has 1 saturated heterocycles. The molecule has 3 nitrogen and oxygen atoms in total. The number of rotatable bonds is 5. The molecule has 5 heteroatoms. The Kier molecular flexibility index (Phi) is 6.81. The van der Waals surface area contributed by atoms with Crippen LogP contribution in [0.4, 0.5) is 4.39 Å². The van der Waals surface area contributed by atoms with Gasteiger partial charge >= 0.3 is 0 Å². The van der Waals surface area contributed by atoms with Gasteiger partial charge in [0.15, 0.2) is 0 Å². The van der Waals surface area contributed by atoms with Crippen molar-refractivity contribution in [3.05, 3.63) is 35.6 Å². The predicted octanol–water partition coefficient (Wildman–Crippen LogP) is 1.91. The first-order valence-electron chi connectivity index (χ1n) is 6.46. The Labute approximate surface area is 119 Å². The van der Waals surface area contributed by atoms with E-state index in [1.807, 2.05) is 0 Å². The number of hydrogen-bond donors (Lipinski definition) is 2. The summed E-state index contributed by atoms with van der Waals surface area (Å²) < 4.78 is 13.3. The molecule has 1 amide bonds. The van der Waals surface area contributed by atoms with Gasteiger partial charge in [-0.25, -0.2) is 4.39 Å². The maximum Gasteiger partial charge on any atom is 0.224 e. The lowest BCUT2D eigenvalue weighted by atomic mass is 10.1. The summed E-state index contributed by atoms with van der Waals surface area (Å²) in [6, 6.07) is 6.41. The van der Waals surface area contributed by atoms with Crippen molar-refractivity contribution in [3.8, 4) is 0 Å². The Morgan fingerprint density at radius 1 is 1.42 bits per heavy atom. The van der Waals surface area contributed by atoms with Crippen LogP contribution in [0.15, 0.2) is 24.3 Å². The number of amides is 1. The molecule has 1 atom stereocenters. The molecule has 1 aliphatic rings. The van der Waals surface area contributed by atoms with Gasteiger partial charge in [-0.1, -0.05) is 18.2 Å². The molecule has 1 aromatic rings. The van der Waals surface area contributed by atoms with E-state index in [1.165, 1.54) is 12.5 Å². The van der Waals surface area contributed by atoms with Crippen molar-refractivity contribution in [3.63, 3.8) is 0 Å². The third-order valence-corrected chi connectivity index (χ3v) is 3.35. The van der Waals surface area contributed by atoms with Gasteiger partial charge in [-0.3, -0.25) is 4.79 Å². The largest absolute Gasteiger partial charge is 0.356 e. The number of halogens is 2. The summed E-state index contributed by atoms with van der Waals surface area (Å²) in [7, 11) is 0. The molecule has 2 N–H and O–H groups in total. The first-order valence-corrected chi connectivity index (χ1v) is 6.46. The number of carbonyl (C=O) groups is 1. The fourth-order valence-corrected chi connectivity index (χ4v) is 2.25. The summed E-state index contributed by atoms with van der Waals surface area (Å²) in [6.45, 7) is 2.80. The molecule has 1 fully saturated rings. The quantitative estimate of drug-likeness (QED) is 0.868. The summed E-state index contributed by atoms with van der Waals surface area (Å²) in [6.07, 6.45) is 2.30. The van der Waals surface area contributed by atoms with Crippen LogP contribution in [0.1, 0.15) is 18.4 Å². The first-order chi connectivity index (χ1) is 8.75. The predicted molar refractivity (Wildman–Crippen MR) is 76.0 cm³/mol. The van der Waals surface area contributed by atoms with Crippen LogP contribution >= 0.6 is 12.4 Å². The van der Waals surface area contributed by atoms with Gasteiger partial charge in [0, 0.05) is 6.54 Å². The highest BCUT2D eigenvalue weighted by atomic mass is 35.5. The number of nitrogens with one attached hydrogen (secondary N) is 2. The van der Waals surface area contributed by atoms with Gasteiger partial charge in [0.05, 0.1) is 6.42 Å². The minimum atomic E-state index is -0.312. The smallest absolute Gasteiger partial charge is 0.224 e. The van der Waals surface area contributed by atoms with Crippen molar-refractivity contribution in [1.82, 2.24) is 10.6 Å². The van der Waals surface area contributed by atoms with E-state index >= 15 is 0 Å². The van der Waals surface area contributed by atoms with Gasteiger partial charge in [-0.15, -0.1) is 12.4 Å². The molecule has 106 valence electrons. The molecule has 19 heavy (non-hydrogen) atoms. The van der Waals surface area contributed by atoms with Crippen molar-refractivity contribution >= 4 is 18.3 Å². The van der Waals surface area contributed by atoms with E-state index in [0.29, 0.717) is 18.0 Å². The standard InChI is InChI=1S/C14H19FN2O.ClH/c15-13-4-2-1-3-12(13)9-14(18)17-8-6-11-5-7-16-10-11;/h1-4,11,16H,5-10H2,(H,17,18);1H. The molecular formula is C14H20ClFN2O. The Morgan fingerprint density at radius 2 is 2.21 bits per heavy atom. The van der Waals surface area contributed by atoms with E-state index in [9.17, 15) is 9.18 Å². The second kappa shape index (κ2) is 8.12. The highest BCUT2D eigenvalue weighted by Gasteiger charge is 2.14. The highest BCUT2D eigenvalue weighted by Crippen LogP contribution is 2.11. The van der Waals surface area contributed by atoms with Crippen LogP contribution < -0.4 is 10.6 Å². The monoisotopic (exact) mass is 286 g/mol. The lowest BCUT2D eigenvalue weighted by molar-refractivity contribution is -0.120. The molecule has 1 unspecified atom stereocenters. The van der Waals surface area contributed by atoms with E-state index < -0.39 is 0 Å². The zero-order valence-electron chi connectivity index (χ0n) is 10.8. The Bertz CT molecular complexity index is 408. The molecule has 0 aromatic heterocycles. The van der Waals surface area contributed by atoms with Gasteiger partial charge in [0.1, 0.15) is 5.82 Å². The minimum Gasteiger partial charge on any atom is -0.356 e. The van der Waals surface area contributed by atoms with Crippen LogP contribution in [0.25, 0.3) is 0 Å². The third kappa shape index (κ3) is 5.17. The molecule has 0 radical (unpaired) electrons. The van der Waals surface area contributed by atoms with Crippen LogP contribution in [0, 0.1) is 11.7 Å². The van der Waals surface area contributed by atoms with E-state index in [1.54, 1.807) is 18.2 Å². The molecule has 2 rings (SSSR count). The average Bonchev–Trinajstić information content (AvgIpc) is 2.85. The van der Waals surface area contributed by atoms with Crippen molar-refractivity contribution in [1.29, 1.82) is 0 Å². The van der Waals surface area contributed by atoms with Crippen molar-refractivity contribution < 1.29 is 9.18 Å². The van der Waals surface area contributed by atoms with E-state index in [2.05, 4.69) is 10.6 Å². The fraction of sp³-hybridized carbons (Fsp3) is 0.500. The Hall–Kier alpha value is -1.13. The van der Waals surface area contributed by atoms with E-state index in [-0.39, 0.29) is 30.6 Å². The number of benzene rings is 1. The lowest BCUT2D eigenvalue weighted by Crippen LogP contribution is -2.28. The van der Waals surface area contributed by atoms with Gasteiger partial charge in [0.25, 0.3) is 0 Å². The Balaban J connectivity index is 0.00000180. The van der Waals surface area contributed by atoms with Crippen molar-refractivity contribution in [2.75, 3.05) is 19.6 Å². The summed E-state index contributed by atoms with van der Waals surface area (Å²) in [5.74, 6) is 0.248. The molecule has 0 saturated carbocycles. The van der Waals surface area contributed by atoms with Crippen LogP contribution in [0.5, 0.6) is 0 Å². The van der Waals surface area contributed by atoms with Crippen LogP contribution in [0.3, 0.4) is 0 Å². The van der Waals surface area contributed by atoms with Crippen molar-refractivity contribution in [2.45, 2.75) is 19.3 Å². The summed E-state index contributed by atoms with van der Waals surface area (Å²) >= 11 is 0. The van der Waals surface area contributed by atoms with Gasteiger partial charge in [-0.2, -0.15) is 0 Å². The lowest BCUT2D eigenvalue weighted by Gasteiger charge is -2.09.